The molecule has 2 amide bonds. The zero-order chi connectivity index (χ0) is 20.2. The van der Waals surface area contributed by atoms with Crippen LogP contribution in [-0.4, -0.2) is 17.6 Å². The number of hydrogen-bond acceptors (Lipinski definition) is 4. The molecule has 0 saturated carbocycles. The predicted molar refractivity (Wildman–Crippen MR) is 114 cm³/mol. The standard InChI is InChI=1S/C23H21N5O/c1-16-8-10-18(11-9-16)26-23(29)27-21-6-2-4-17-15-28(13-12-20(17)21)22-7-3-5-19(14-24)25-22/h2-11H,12-13,15H2,1H3,(H2,26,27,29). The first-order chi connectivity index (χ1) is 14.1. The second-order valence-electron chi connectivity index (χ2n) is 7.05. The molecule has 3 aromatic rings. The Balaban J connectivity index is 1.48. The Morgan fingerprint density at radius 2 is 1.86 bits per heavy atom. The molecule has 0 saturated heterocycles. The van der Waals surface area contributed by atoms with E-state index in [1.165, 1.54) is 0 Å². The SMILES string of the molecule is Cc1ccc(NC(=O)Nc2cccc3c2CCN(c2cccc(C#N)n2)C3)cc1. The van der Waals surface area contributed by atoms with Crippen molar-refractivity contribution in [3.8, 4) is 6.07 Å². The van der Waals surface area contributed by atoms with Crippen molar-refractivity contribution in [1.29, 1.82) is 5.26 Å². The van der Waals surface area contributed by atoms with Crippen LogP contribution in [0.5, 0.6) is 0 Å². The van der Waals surface area contributed by atoms with Crippen LogP contribution < -0.4 is 15.5 Å². The van der Waals surface area contributed by atoms with Crippen LogP contribution in [0.2, 0.25) is 0 Å². The van der Waals surface area contributed by atoms with Gasteiger partial charge in [0, 0.05) is 24.5 Å². The number of anilines is 3. The molecule has 0 unspecified atom stereocenters. The summed E-state index contributed by atoms with van der Waals surface area (Å²) < 4.78 is 0. The van der Waals surface area contributed by atoms with Crippen LogP contribution in [0.25, 0.3) is 0 Å². The minimum Gasteiger partial charge on any atom is -0.352 e. The van der Waals surface area contributed by atoms with Crippen molar-refractivity contribution in [3.05, 3.63) is 83.0 Å². The van der Waals surface area contributed by atoms with Crippen molar-refractivity contribution in [2.24, 2.45) is 0 Å². The summed E-state index contributed by atoms with van der Waals surface area (Å²) in [7, 11) is 0. The molecule has 2 aromatic carbocycles. The fourth-order valence-electron chi connectivity index (χ4n) is 3.51. The van der Waals surface area contributed by atoms with Crippen molar-refractivity contribution in [2.75, 3.05) is 22.1 Å². The zero-order valence-electron chi connectivity index (χ0n) is 16.1. The molecule has 29 heavy (non-hydrogen) atoms. The normalized spacial score (nSPS) is 12.6. The van der Waals surface area contributed by atoms with Crippen LogP contribution >= 0.6 is 0 Å². The van der Waals surface area contributed by atoms with Gasteiger partial charge >= 0.3 is 6.03 Å². The molecule has 6 heteroatoms. The number of pyridine rings is 1. The molecule has 6 nitrogen and oxygen atoms in total. The van der Waals surface area contributed by atoms with Gasteiger partial charge in [-0.25, -0.2) is 9.78 Å². The number of nitrogens with zero attached hydrogens (tertiary/aromatic N) is 3. The van der Waals surface area contributed by atoms with E-state index in [2.05, 4.69) is 32.7 Å². The molecule has 1 aliphatic rings. The maximum absolute atomic E-state index is 12.4. The third-order valence-electron chi connectivity index (χ3n) is 5.00. The summed E-state index contributed by atoms with van der Waals surface area (Å²) in [6, 6.07) is 20.9. The number of nitrogens with one attached hydrogen (secondary N) is 2. The highest BCUT2D eigenvalue weighted by Gasteiger charge is 2.20. The molecule has 0 bridgehead atoms. The Labute approximate surface area is 169 Å². The van der Waals surface area contributed by atoms with Crippen LogP contribution in [-0.2, 0) is 13.0 Å². The van der Waals surface area contributed by atoms with Crippen LogP contribution in [0.15, 0.2) is 60.7 Å². The summed E-state index contributed by atoms with van der Waals surface area (Å²) in [4.78, 5) is 19.0. The Morgan fingerprint density at radius 1 is 1.07 bits per heavy atom. The lowest BCUT2D eigenvalue weighted by atomic mass is 9.97. The Kier molecular flexibility index (Phi) is 5.12. The third-order valence-corrected chi connectivity index (χ3v) is 5.00. The first-order valence-electron chi connectivity index (χ1n) is 9.50. The molecule has 0 atom stereocenters. The van der Waals surface area contributed by atoms with E-state index in [0.29, 0.717) is 12.2 Å². The van der Waals surface area contributed by atoms with Crippen molar-refractivity contribution >= 4 is 23.2 Å². The van der Waals surface area contributed by atoms with Crippen LogP contribution in [0, 0.1) is 18.3 Å². The highest BCUT2D eigenvalue weighted by molar-refractivity contribution is 6.00. The van der Waals surface area contributed by atoms with Gasteiger partial charge in [0.15, 0.2) is 0 Å². The zero-order valence-corrected chi connectivity index (χ0v) is 16.1. The molecule has 0 aliphatic carbocycles. The second-order valence-corrected chi connectivity index (χ2v) is 7.05. The minimum atomic E-state index is -0.256. The van der Waals surface area contributed by atoms with E-state index < -0.39 is 0 Å². The lowest BCUT2D eigenvalue weighted by molar-refractivity contribution is 0.262. The number of amides is 2. The maximum Gasteiger partial charge on any atom is 0.323 e. The monoisotopic (exact) mass is 383 g/mol. The number of benzene rings is 2. The van der Waals surface area contributed by atoms with Gasteiger partial charge in [0.05, 0.1) is 0 Å². The van der Waals surface area contributed by atoms with Crippen LogP contribution in [0.1, 0.15) is 22.4 Å². The molecule has 4 rings (SSSR count). The van der Waals surface area contributed by atoms with Crippen LogP contribution in [0.4, 0.5) is 22.0 Å². The summed E-state index contributed by atoms with van der Waals surface area (Å²) >= 11 is 0. The average Bonchev–Trinajstić information content (AvgIpc) is 2.75. The molecule has 2 heterocycles. The van der Waals surface area contributed by atoms with Crippen molar-refractivity contribution in [2.45, 2.75) is 19.9 Å². The van der Waals surface area contributed by atoms with E-state index in [0.717, 1.165) is 46.8 Å². The van der Waals surface area contributed by atoms with E-state index >= 15 is 0 Å². The topological polar surface area (TPSA) is 81.0 Å². The number of aromatic nitrogens is 1. The molecule has 144 valence electrons. The molecular formula is C23H21N5O. The van der Waals surface area contributed by atoms with E-state index in [-0.39, 0.29) is 6.03 Å². The number of carbonyl (C=O) groups excluding carboxylic acids is 1. The van der Waals surface area contributed by atoms with E-state index in [4.69, 9.17) is 5.26 Å². The average molecular weight is 383 g/mol. The number of carbonyl (C=O) groups is 1. The van der Waals surface area contributed by atoms with Gasteiger partial charge in [0.1, 0.15) is 17.6 Å². The number of aryl methyl sites for hydroxylation is 1. The molecule has 0 radical (unpaired) electrons. The fourth-order valence-corrected chi connectivity index (χ4v) is 3.51. The lowest BCUT2D eigenvalue weighted by Gasteiger charge is -2.31. The van der Waals surface area contributed by atoms with Gasteiger partial charge in [-0.3, -0.25) is 0 Å². The molecular weight excluding hydrogens is 362 g/mol. The number of fused-ring (bicyclic) bond motifs is 1. The van der Waals surface area contributed by atoms with Gasteiger partial charge in [-0.2, -0.15) is 5.26 Å². The summed E-state index contributed by atoms with van der Waals surface area (Å²) in [6.45, 7) is 3.47. The van der Waals surface area contributed by atoms with Gasteiger partial charge in [0.2, 0.25) is 0 Å². The molecule has 2 N–H and O–H groups in total. The van der Waals surface area contributed by atoms with E-state index in [1.807, 2.05) is 55.5 Å². The lowest BCUT2D eigenvalue weighted by Crippen LogP contribution is -2.32. The second kappa shape index (κ2) is 8.03. The number of hydrogen-bond donors (Lipinski definition) is 2. The Bertz CT molecular complexity index is 1090. The van der Waals surface area contributed by atoms with Gasteiger partial charge in [-0.15, -0.1) is 0 Å². The van der Waals surface area contributed by atoms with Crippen LogP contribution in [0.3, 0.4) is 0 Å². The van der Waals surface area contributed by atoms with E-state index in [1.54, 1.807) is 6.07 Å². The molecule has 0 spiro atoms. The molecule has 1 aliphatic heterocycles. The Morgan fingerprint density at radius 3 is 2.66 bits per heavy atom. The fraction of sp³-hybridized carbons (Fsp3) is 0.174. The van der Waals surface area contributed by atoms with Crippen molar-refractivity contribution < 1.29 is 4.79 Å². The summed E-state index contributed by atoms with van der Waals surface area (Å²) in [5.41, 5.74) is 5.43. The first kappa shape index (κ1) is 18.5. The summed E-state index contributed by atoms with van der Waals surface area (Å²) in [6.07, 6.45) is 0.786. The van der Waals surface area contributed by atoms with Gasteiger partial charge in [0.25, 0.3) is 0 Å². The van der Waals surface area contributed by atoms with E-state index in [9.17, 15) is 4.79 Å². The Hall–Kier alpha value is -3.85. The predicted octanol–water partition coefficient (Wildman–Crippen LogP) is 4.47. The smallest absolute Gasteiger partial charge is 0.323 e. The highest BCUT2D eigenvalue weighted by Crippen LogP contribution is 2.28. The molecule has 1 aromatic heterocycles. The maximum atomic E-state index is 12.4. The minimum absolute atomic E-state index is 0.256. The van der Waals surface area contributed by atoms with Crippen molar-refractivity contribution in [1.82, 2.24) is 4.98 Å². The highest BCUT2D eigenvalue weighted by atomic mass is 16.2. The quantitative estimate of drug-likeness (QED) is 0.699. The van der Waals surface area contributed by atoms with Crippen molar-refractivity contribution in [3.63, 3.8) is 0 Å². The number of rotatable bonds is 3. The largest absolute Gasteiger partial charge is 0.352 e. The summed E-state index contributed by atoms with van der Waals surface area (Å²) in [5.74, 6) is 0.796. The first-order valence-corrected chi connectivity index (χ1v) is 9.50. The molecule has 0 fully saturated rings. The summed E-state index contributed by atoms with van der Waals surface area (Å²) in [5, 5.41) is 14.9. The van der Waals surface area contributed by atoms with Gasteiger partial charge in [-0.05, 0) is 54.8 Å². The van der Waals surface area contributed by atoms with Gasteiger partial charge < -0.3 is 15.5 Å². The van der Waals surface area contributed by atoms with Gasteiger partial charge in [-0.1, -0.05) is 35.9 Å². The number of urea groups is 1. The third kappa shape index (κ3) is 4.19. The number of nitriles is 1.